The van der Waals surface area contributed by atoms with Gasteiger partial charge in [-0.3, -0.25) is 4.79 Å². The van der Waals surface area contributed by atoms with Crippen molar-refractivity contribution in [2.45, 2.75) is 45.8 Å². The summed E-state index contributed by atoms with van der Waals surface area (Å²) in [5.41, 5.74) is 3.55. The Labute approximate surface area is 193 Å². The van der Waals surface area contributed by atoms with E-state index in [-0.39, 0.29) is 23.9 Å². The van der Waals surface area contributed by atoms with Gasteiger partial charge in [-0.15, -0.1) is 0 Å². The molecule has 1 atom stereocenters. The Bertz CT molecular complexity index is 1050. The van der Waals surface area contributed by atoms with Crippen LogP contribution in [0, 0.1) is 5.92 Å². The van der Waals surface area contributed by atoms with E-state index in [1.807, 2.05) is 36.1 Å². The molecule has 3 amide bonds. The van der Waals surface area contributed by atoms with Crippen LogP contribution >= 0.6 is 0 Å². The smallest absolute Gasteiger partial charge is 0.319 e. The maximum absolute atomic E-state index is 12.8. The van der Waals surface area contributed by atoms with E-state index < -0.39 is 0 Å². The van der Waals surface area contributed by atoms with Gasteiger partial charge in [0.15, 0.2) is 5.82 Å². The lowest BCUT2D eigenvalue weighted by Gasteiger charge is -2.35. The third-order valence-electron chi connectivity index (χ3n) is 6.38. The van der Waals surface area contributed by atoms with E-state index in [1.54, 1.807) is 0 Å². The van der Waals surface area contributed by atoms with Crippen molar-refractivity contribution in [1.82, 2.24) is 20.2 Å². The molecule has 1 aromatic carbocycles. The SMILES string of the molecule is CCNC(=O)Nc1ccc(-c2nc3c(c(N4CCOC[C@@H]4C)n2)CN(C(=O)C2CC2)C3)cc1. The molecule has 0 spiro atoms. The van der Waals surface area contributed by atoms with Gasteiger partial charge in [-0.2, -0.15) is 0 Å². The second kappa shape index (κ2) is 8.97. The van der Waals surface area contributed by atoms with Gasteiger partial charge in [-0.25, -0.2) is 14.8 Å². The monoisotopic (exact) mass is 450 g/mol. The summed E-state index contributed by atoms with van der Waals surface area (Å²) < 4.78 is 5.64. The summed E-state index contributed by atoms with van der Waals surface area (Å²) in [4.78, 5) is 38.6. The number of fused-ring (bicyclic) bond motifs is 1. The molecule has 5 rings (SSSR count). The molecule has 9 heteroatoms. The average molecular weight is 451 g/mol. The van der Waals surface area contributed by atoms with Gasteiger partial charge < -0.3 is 25.2 Å². The van der Waals surface area contributed by atoms with Crippen molar-refractivity contribution in [3.05, 3.63) is 35.5 Å². The molecule has 2 fully saturated rings. The van der Waals surface area contributed by atoms with Crippen molar-refractivity contribution in [3.63, 3.8) is 0 Å². The van der Waals surface area contributed by atoms with Crippen LogP contribution in [0.1, 0.15) is 37.9 Å². The molecule has 3 aliphatic rings. The van der Waals surface area contributed by atoms with Crippen LogP contribution in [0.5, 0.6) is 0 Å². The summed E-state index contributed by atoms with van der Waals surface area (Å²) in [5.74, 6) is 1.95. The highest BCUT2D eigenvalue weighted by atomic mass is 16.5. The van der Waals surface area contributed by atoms with Gasteiger partial charge in [0.1, 0.15) is 5.82 Å². The highest BCUT2D eigenvalue weighted by molar-refractivity contribution is 5.89. The number of nitrogens with one attached hydrogen (secondary N) is 2. The number of benzene rings is 1. The minimum absolute atomic E-state index is 0.183. The van der Waals surface area contributed by atoms with E-state index in [0.717, 1.165) is 42.0 Å². The van der Waals surface area contributed by atoms with Gasteiger partial charge >= 0.3 is 6.03 Å². The highest BCUT2D eigenvalue weighted by Gasteiger charge is 2.38. The van der Waals surface area contributed by atoms with Crippen molar-refractivity contribution in [2.75, 3.05) is 36.5 Å². The van der Waals surface area contributed by atoms with Gasteiger partial charge in [-0.1, -0.05) is 0 Å². The number of carbonyl (C=O) groups is 2. The molecule has 174 valence electrons. The molecular weight excluding hydrogens is 420 g/mol. The fraction of sp³-hybridized carbons (Fsp3) is 0.500. The van der Waals surface area contributed by atoms with Crippen molar-refractivity contribution in [1.29, 1.82) is 0 Å². The van der Waals surface area contributed by atoms with Crippen molar-refractivity contribution < 1.29 is 14.3 Å². The predicted molar refractivity (Wildman–Crippen MR) is 125 cm³/mol. The van der Waals surface area contributed by atoms with Crippen molar-refractivity contribution in [2.24, 2.45) is 5.92 Å². The first-order valence-corrected chi connectivity index (χ1v) is 11.7. The Morgan fingerprint density at radius 2 is 1.94 bits per heavy atom. The minimum Gasteiger partial charge on any atom is -0.377 e. The summed E-state index contributed by atoms with van der Waals surface area (Å²) >= 11 is 0. The first-order valence-electron chi connectivity index (χ1n) is 11.7. The van der Waals surface area contributed by atoms with Gasteiger partial charge in [0.25, 0.3) is 0 Å². The summed E-state index contributed by atoms with van der Waals surface area (Å²) in [5, 5.41) is 5.53. The topological polar surface area (TPSA) is 99.7 Å². The fourth-order valence-electron chi connectivity index (χ4n) is 4.43. The zero-order valence-corrected chi connectivity index (χ0v) is 19.1. The van der Waals surface area contributed by atoms with Crippen molar-refractivity contribution >= 4 is 23.4 Å². The second-order valence-electron chi connectivity index (χ2n) is 8.94. The highest BCUT2D eigenvalue weighted by Crippen LogP contribution is 2.37. The number of aromatic nitrogens is 2. The van der Waals surface area contributed by atoms with Crippen LogP contribution in [0.4, 0.5) is 16.3 Å². The van der Waals surface area contributed by atoms with Crippen LogP contribution in [0.3, 0.4) is 0 Å². The van der Waals surface area contributed by atoms with Gasteiger partial charge in [0, 0.05) is 35.8 Å². The molecule has 2 aliphatic heterocycles. The van der Waals surface area contributed by atoms with Gasteiger partial charge in [0.2, 0.25) is 5.91 Å². The summed E-state index contributed by atoms with van der Waals surface area (Å²) in [6.07, 6.45) is 1.99. The Morgan fingerprint density at radius 3 is 2.64 bits per heavy atom. The normalized spacial score (nSPS) is 19.9. The molecule has 33 heavy (non-hydrogen) atoms. The van der Waals surface area contributed by atoms with Crippen LogP contribution in [-0.2, 0) is 22.6 Å². The summed E-state index contributed by atoms with van der Waals surface area (Å²) in [7, 11) is 0. The predicted octanol–water partition coefficient (Wildman–Crippen LogP) is 2.76. The molecular formula is C24H30N6O3. The number of nitrogens with zero attached hydrogens (tertiary/aromatic N) is 4. The fourth-order valence-corrected chi connectivity index (χ4v) is 4.43. The molecule has 0 radical (unpaired) electrons. The second-order valence-corrected chi connectivity index (χ2v) is 8.94. The van der Waals surface area contributed by atoms with Crippen LogP contribution in [0.2, 0.25) is 0 Å². The molecule has 2 aromatic rings. The third-order valence-corrected chi connectivity index (χ3v) is 6.38. The molecule has 1 aliphatic carbocycles. The molecule has 1 aromatic heterocycles. The lowest BCUT2D eigenvalue weighted by atomic mass is 10.1. The average Bonchev–Trinajstić information content (AvgIpc) is 3.57. The standard InChI is InChI=1S/C24H30N6O3/c1-3-25-24(32)26-18-8-6-16(7-9-18)21-27-20-13-29(23(31)17-4-5-17)12-19(20)22(28-21)30-10-11-33-14-15(30)2/h6-9,15,17H,3-5,10-14H2,1-2H3,(H2,25,26,32)/t15-/m0/s1. The van der Waals surface area contributed by atoms with E-state index in [9.17, 15) is 9.59 Å². The number of ether oxygens (including phenoxy) is 1. The number of anilines is 2. The Hall–Kier alpha value is -3.20. The van der Waals surface area contributed by atoms with Crippen LogP contribution in [0.15, 0.2) is 24.3 Å². The van der Waals surface area contributed by atoms with Crippen LogP contribution in [-0.4, -0.2) is 59.2 Å². The third kappa shape index (κ3) is 4.50. The number of hydrogen-bond acceptors (Lipinski definition) is 6. The lowest BCUT2D eigenvalue weighted by molar-refractivity contribution is -0.133. The Kier molecular flexibility index (Phi) is 5.88. The molecule has 1 saturated carbocycles. The molecule has 9 nitrogen and oxygen atoms in total. The van der Waals surface area contributed by atoms with Gasteiger partial charge in [-0.05, 0) is 51.0 Å². The van der Waals surface area contributed by atoms with Gasteiger partial charge in [0.05, 0.1) is 38.0 Å². The lowest BCUT2D eigenvalue weighted by Crippen LogP contribution is -2.44. The summed E-state index contributed by atoms with van der Waals surface area (Å²) in [6.45, 7) is 7.74. The number of carbonyl (C=O) groups excluding carboxylic acids is 2. The molecule has 0 unspecified atom stereocenters. The number of morpholine rings is 1. The van der Waals surface area contributed by atoms with E-state index in [4.69, 9.17) is 14.7 Å². The zero-order valence-electron chi connectivity index (χ0n) is 19.1. The van der Waals surface area contributed by atoms with E-state index in [0.29, 0.717) is 44.4 Å². The first-order chi connectivity index (χ1) is 16.0. The Morgan fingerprint density at radius 1 is 1.15 bits per heavy atom. The number of amides is 3. The maximum atomic E-state index is 12.8. The van der Waals surface area contributed by atoms with Crippen LogP contribution < -0.4 is 15.5 Å². The number of urea groups is 1. The molecule has 1 saturated heterocycles. The number of hydrogen-bond donors (Lipinski definition) is 2. The minimum atomic E-state index is -0.233. The first kappa shape index (κ1) is 21.6. The van der Waals surface area contributed by atoms with E-state index in [1.165, 1.54) is 0 Å². The summed E-state index contributed by atoms with van der Waals surface area (Å²) in [6, 6.07) is 7.49. The van der Waals surface area contributed by atoms with E-state index in [2.05, 4.69) is 22.5 Å². The van der Waals surface area contributed by atoms with E-state index >= 15 is 0 Å². The zero-order chi connectivity index (χ0) is 22.9. The molecule has 3 heterocycles. The number of rotatable bonds is 5. The van der Waals surface area contributed by atoms with Crippen molar-refractivity contribution in [3.8, 4) is 11.4 Å². The molecule has 2 N–H and O–H groups in total. The van der Waals surface area contributed by atoms with Crippen LogP contribution in [0.25, 0.3) is 11.4 Å². The quantitative estimate of drug-likeness (QED) is 0.727. The maximum Gasteiger partial charge on any atom is 0.319 e. The molecule has 0 bridgehead atoms. The largest absolute Gasteiger partial charge is 0.377 e. The Balaban J connectivity index is 1.46.